The van der Waals surface area contributed by atoms with E-state index in [1.165, 1.54) is 0 Å². The first kappa shape index (κ1) is 14.5. The highest BCUT2D eigenvalue weighted by atomic mass is 32.1. The van der Waals surface area contributed by atoms with Gasteiger partial charge in [0.15, 0.2) is 0 Å². The zero-order chi connectivity index (χ0) is 14.5. The van der Waals surface area contributed by atoms with Crippen LogP contribution in [0, 0.1) is 0 Å². The molecular weight excluding hydrogens is 278 g/mol. The van der Waals surface area contributed by atoms with Crippen LogP contribution in [0.15, 0.2) is 17.5 Å². The van der Waals surface area contributed by atoms with Gasteiger partial charge in [-0.25, -0.2) is 0 Å². The predicted octanol–water partition coefficient (Wildman–Crippen LogP) is 0.468. The molecule has 2 rings (SSSR count). The molecule has 7 heteroatoms. The second-order valence-corrected chi connectivity index (χ2v) is 5.32. The Bertz CT molecular complexity index is 617. The van der Waals surface area contributed by atoms with Gasteiger partial charge in [-0.05, 0) is 23.9 Å². The van der Waals surface area contributed by atoms with Crippen LogP contribution >= 0.6 is 11.3 Å². The van der Waals surface area contributed by atoms with Gasteiger partial charge in [-0.1, -0.05) is 0 Å². The molecule has 2 aromatic heterocycles. The van der Waals surface area contributed by atoms with Crippen LogP contribution in [0.4, 0.5) is 0 Å². The highest BCUT2D eigenvalue weighted by molar-refractivity contribution is 7.17. The third-order valence-electron chi connectivity index (χ3n) is 2.96. The number of rotatable bonds is 6. The summed E-state index contributed by atoms with van der Waals surface area (Å²) in [5.74, 6) is -0.531. The molecule has 2 aromatic rings. The first-order chi connectivity index (χ1) is 9.63. The lowest BCUT2D eigenvalue weighted by atomic mass is 10.4. The number of hydrogen-bond donors (Lipinski definition) is 3. The molecule has 0 atom stereocenters. The van der Waals surface area contributed by atoms with E-state index in [0.29, 0.717) is 18.7 Å². The average molecular weight is 295 g/mol. The number of carbonyl (C=O) groups excluding carboxylic acids is 2. The smallest absolute Gasteiger partial charge is 0.268 e. The molecule has 0 spiro atoms. The largest absolute Gasteiger partial charge is 0.396 e. The third kappa shape index (κ3) is 3.17. The predicted molar refractivity (Wildman–Crippen MR) is 77.8 cm³/mol. The Kier molecular flexibility index (Phi) is 4.75. The standard InChI is InChI=1S/C13H17N3O3S/c1-16-9-3-6-20-11(9)7-10(16)13(19)15-8-12(18)14-4-2-5-17/h3,6-7,17H,2,4-5,8H2,1H3,(H,14,18)(H,15,19). The van der Waals surface area contributed by atoms with E-state index in [1.807, 2.05) is 29.1 Å². The number of nitrogens with one attached hydrogen (secondary N) is 2. The summed E-state index contributed by atoms with van der Waals surface area (Å²) < 4.78 is 2.86. The lowest BCUT2D eigenvalue weighted by molar-refractivity contribution is -0.120. The van der Waals surface area contributed by atoms with Crippen molar-refractivity contribution >= 4 is 33.4 Å². The summed E-state index contributed by atoms with van der Waals surface area (Å²) in [7, 11) is 1.82. The molecule has 0 unspecified atom stereocenters. The Morgan fingerprint density at radius 3 is 2.90 bits per heavy atom. The van der Waals surface area contributed by atoms with E-state index in [2.05, 4.69) is 10.6 Å². The van der Waals surface area contributed by atoms with Gasteiger partial charge < -0.3 is 20.3 Å². The molecule has 2 heterocycles. The van der Waals surface area contributed by atoms with Gasteiger partial charge in [0.1, 0.15) is 5.69 Å². The minimum atomic E-state index is -0.270. The van der Waals surface area contributed by atoms with Crippen LogP contribution in [0.25, 0.3) is 10.2 Å². The summed E-state index contributed by atoms with van der Waals surface area (Å²) in [5, 5.41) is 15.8. The second kappa shape index (κ2) is 6.53. The van der Waals surface area contributed by atoms with Gasteiger partial charge in [-0.15, -0.1) is 11.3 Å². The molecule has 0 aromatic carbocycles. The molecule has 2 amide bonds. The minimum Gasteiger partial charge on any atom is -0.396 e. The van der Waals surface area contributed by atoms with Crippen molar-refractivity contribution in [3.8, 4) is 0 Å². The van der Waals surface area contributed by atoms with Gasteiger partial charge in [-0.3, -0.25) is 9.59 Å². The Morgan fingerprint density at radius 2 is 2.20 bits per heavy atom. The van der Waals surface area contributed by atoms with Crippen LogP contribution in [0.1, 0.15) is 16.9 Å². The number of hydrogen-bond acceptors (Lipinski definition) is 4. The van der Waals surface area contributed by atoms with E-state index < -0.39 is 0 Å². The van der Waals surface area contributed by atoms with E-state index in [4.69, 9.17) is 5.11 Å². The second-order valence-electron chi connectivity index (χ2n) is 4.37. The number of carbonyl (C=O) groups is 2. The van der Waals surface area contributed by atoms with E-state index in [9.17, 15) is 9.59 Å². The van der Waals surface area contributed by atoms with Crippen LogP contribution in [0.2, 0.25) is 0 Å². The number of aliphatic hydroxyl groups excluding tert-OH is 1. The van der Waals surface area contributed by atoms with Gasteiger partial charge in [0, 0.05) is 20.2 Å². The van der Waals surface area contributed by atoms with Crippen molar-refractivity contribution in [3.05, 3.63) is 23.2 Å². The number of amides is 2. The van der Waals surface area contributed by atoms with Crippen molar-refractivity contribution < 1.29 is 14.7 Å². The van der Waals surface area contributed by atoms with Gasteiger partial charge >= 0.3 is 0 Å². The van der Waals surface area contributed by atoms with Crippen molar-refractivity contribution in [2.45, 2.75) is 6.42 Å². The molecule has 0 saturated heterocycles. The molecule has 3 N–H and O–H groups in total. The highest BCUT2D eigenvalue weighted by Crippen LogP contribution is 2.23. The van der Waals surface area contributed by atoms with E-state index in [-0.39, 0.29) is 25.0 Å². The molecule has 0 bridgehead atoms. The minimum absolute atomic E-state index is 0.0345. The molecule has 108 valence electrons. The quantitative estimate of drug-likeness (QED) is 0.677. The lowest BCUT2D eigenvalue weighted by Crippen LogP contribution is -2.37. The lowest BCUT2D eigenvalue weighted by Gasteiger charge is -2.07. The number of thiophene rings is 1. The normalized spacial score (nSPS) is 10.7. The number of nitrogens with zero attached hydrogens (tertiary/aromatic N) is 1. The summed E-state index contributed by atoms with van der Waals surface area (Å²) in [6, 6.07) is 3.78. The number of aromatic nitrogens is 1. The maximum Gasteiger partial charge on any atom is 0.268 e. The Labute approximate surface area is 120 Å². The van der Waals surface area contributed by atoms with Crippen molar-refractivity contribution in [1.29, 1.82) is 0 Å². The van der Waals surface area contributed by atoms with Crippen molar-refractivity contribution in [2.75, 3.05) is 19.7 Å². The third-order valence-corrected chi connectivity index (χ3v) is 3.82. The van der Waals surface area contributed by atoms with Gasteiger partial charge in [0.2, 0.25) is 5.91 Å². The Hall–Kier alpha value is -1.86. The van der Waals surface area contributed by atoms with E-state index in [1.54, 1.807) is 11.3 Å². The first-order valence-electron chi connectivity index (χ1n) is 6.32. The molecule has 0 saturated carbocycles. The summed E-state index contributed by atoms with van der Waals surface area (Å²) >= 11 is 1.57. The van der Waals surface area contributed by atoms with Gasteiger partial charge in [0.05, 0.1) is 16.8 Å². The molecule has 0 aliphatic rings. The molecule has 6 nitrogen and oxygen atoms in total. The summed E-state index contributed by atoms with van der Waals surface area (Å²) in [6.45, 7) is 0.376. The Balaban J connectivity index is 1.90. The maximum absolute atomic E-state index is 12.0. The fourth-order valence-electron chi connectivity index (χ4n) is 1.89. The first-order valence-corrected chi connectivity index (χ1v) is 7.20. The number of aliphatic hydroxyl groups is 1. The molecule has 0 aliphatic carbocycles. The van der Waals surface area contributed by atoms with E-state index >= 15 is 0 Å². The summed E-state index contributed by atoms with van der Waals surface area (Å²) in [6.07, 6.45) is 0.508. The molecule has 0 fully saturated rings. The van der Waals surface area contributed by atoms with Gasteiger partial charge in [-0.2, -0.15) is 0 Å². The summed E-state index contributed by atoms with van der Waals surface area (Å²) in [4.78, 5) is 23.5. The molecule has 0 radical (unpaired) electrons. The van der Waals surface area contributed by atoms with Crippen LogP contribution < -0.4 is 10.6 Å². The van der Waals surface area contributed by atoms with Crippen LogP contribution in [0.3, 0.4) is 0 Å². The Morgan fingerprint density at radius 1 is 1.40 bits per heavy atom. The van der Waals surface area contributed by atoms with Crippen molar-refractivity contribution in [2.24, 2.45) is 7.05 Å². The zero-order valence-corrected chi connectivity index (χ0v) is 12.0. The number of fused-ring (bicyclic) bond motifs is 1. The zero-order valence-electron chi connectivity index (χ0n) is 11.2. The van der Waals surface area contributed by atoms with Crippen LogP contribution in [0.5, 0.6) is 0 Å². The maximum atomic E-state index is 12.0. The van der Waals surface area contributed by atoms with Crippen molar-refractivity contribution in [1.82, 2.24) is 15.2 Å². The van der Waals surface area contributed by atoms with Gasteiger partial charge in [0.25, 0.3) is 5.91 Å². The molecular formula is C13H17N3O3S. The van der Waals surface area contributed by atoms with Crippen molar-refractivity contribution in [3.63, 3.8) is 0 Å². The molecule has 20 heavy (non-hydrogen) atoms. The van der Waals surface area contributed by atoms with E-state index in [0.717, 1.165) is 10.2 Å². The van der Waals surface area contributed by atoms with Crippen LogP contribution in [-0.2, 0) is 11.8 Å². The monoisotopic (exact) mass is 295 g/mol. The number of aryl methyl sites for hydroxylation is 1. The average Bonchev–Trinajstić information content (AvgIpc) is 3.00. The summed E-state index contributed by atoms with van der Waals surface area (Å²) in [5.41, 5.74) is 1.54. The fourth-order valence-corrected chi connectivity index (χ4v) is 2.74. The van der Waals surface area contributed by atoms with Crippen LogP contribution in [-0.4, -0.2) is 41.2 Å². The fraction of sp³-hybridized carbons (Fsp3) is 0.385. The molecule has 0 aliphatic heterocycles. The SMILES string of the molecule is Cn1c(C(=O)NCC(=O)NCCCO)cc2sccc21. The highest BCUT2D eigenvalue weighted by Gasteiger charge is 2.14. The topological polar surface area (TPSA) is 83.4 Å².